The number of nitrogens with zero attached hydrogens (tertiary/aromatic N) is 2. The maximum Gasteiger partial charge on any atom is 0.264 e. The summed E-state index contributed by atoms with van der Waals surface area (Å²) in [4.78, 5) is 27.4. The summed E-state index contributed by atoms with van der Waals surface area (Å²) in [7, 11) is -2.71. The van der Waals surface area contributed by atoms with Crippen LogP contribution in [0, 0.1) is 19.7 Å². The summed E-state index contributed by atoms with van der Waals surface area (Å²) in [6, 6.07) is 17.8. The van der Waals surface area contributed by atoms with Crippen molar-refractivity contribution in [2.24, 2.45) is 0 Å². The molecular formula is C27H30FN3O4S. The van der Waals surface area contributed by atoms with E-state index in [4.69, 9.17) is 0 Å². The first-order valence-corrected chi connectivity index (χ1v) is 12.9. The molecule has 0 aromatic heterocycles. The Balaban J connectivity index is 2.01. The minimum absolute atomic E-state index is 0.00495. The van der Waals surface area contributed by atoms with Crippen LogP contribution in [0.5, 0.6) is 0 Å². The number of aryl methyl sites for hydroxylation is 2. The molecule has 36 heavy (non-hydrogen) atoms. The van der Waals surface area contributed by atoms with E-state index in [1.165, 1.54) is 36.2 Å². The fourth-order valence-electron chi connectivity index (χ4n) is 3.66. The van der Waals surface area contributed by atoms with Gasteiger partial charge in [-0.05, 0) is 62.7 Å². The Morgan fingerprint density at radius 1 is 0.889 bits per heavy atom. The number of anilines is 1. The first-order chi connectivity index (χ1) is 17.0. The average molecular weight is 512 g/mol. The topological polar surface area (TPSA) is 86.8 Å². The standard InChI is InChI=1S/C27H30FN3O4S/c1-19-5-9-22(10-6-19)17-30(21(3)27(33)29-4)26(32)18-31(24-13-11-23(28)12-14-24)36(34,35)25-15-7-20(2)8-16-25/h5-16,21H,17-18H2,1-4H3,(H,29,33)/t21-/m0/s1. The van der Waals surface area contributed by atoms with Crippen molar-refractivity contribution in [3.05, 3.63) is 95.3 Å². The van der Waals surface area contributed by atoms with Crippen LogP contribution in [0.25, 0.3) is 0 Å². The molecule has 190 valence electrons. The van der Waals surface area contributed by atoms with Crippen molar-refractivity contribution in [1.29, 1.82) is 0 Å². The molecule has 0 radical (unpaired) electrons. The van der Waals surface area contributed by atoms with Crippen LogP contribution in [0.15, 0.2) is 77.7 Å². The van der Waals surface area contributed by atoms with E-state index in [2.05, 4.69) is 5.32 Å². The highest BCUT2D eigenvalue weighted by atomic mass is 32.2. The van der Waals surface area contributed by atoms with Crippen LogP contribution in [0.4, 0.5) is 10.1 Å². The third-order valence-corrected chi connectivity index (χ3v) is 7.68. The van der Waals surface area contributed by atoms with Crippen molar-refractivity contribution in [2.45, 2.75) is 38.3 Å². The van der Waals surface area contributed by atoms with Gasteiger partial charge < -0.3 is 10.2 Å². The maximum atomic E-state index is 13.6. The summed E-state index contributed by atoms with van der Waals surface area (Å²) in [5.74, 6) is -1.50. The van der Waals surface area contributed by atoms with Gasteiger partial charge in [0, 0.05) is 13.6 Å². The molecule has 2 amide bonds. The van der Waals surface area contributed by atoms with Gasteiger partial charge in [-0.1, -0.05) is 47.5 Å². The van der Waals surface area contributed by atoms with Crippen molar-refractivity contribution in [3.8, 4) is 0 Å². The average Bonchev–Trinajstić information content (AvgIpc) is 2.86. The Morgan fingerprint density at radius 3 is 1.94 bits per heavy atom. The molecule has 0 bridgehead atoms. The molecule has 1 atom stereocenters. The second-order valence-corrected chi connectivity index (χ2v) is 10.5. The molecule has 3 aromatic rings. The number of sulfonamides is 1. The minimum atomic E-state index is -4.18. The van der Waals surface area contributed by atoms with Crippen LogP contribution in [0.3, 0.4) is 0 Å². The summed E-state index contributed by atoms with van der Waals surface area (Å²) in [6.07, 6.45) is 0. The first-order valence-electron chi connectivity index (χ1n) is 11.4. The van der Waals surface area contributed by atoms with Crippen molar-refractivity contribution in [2.75, 3.05) is 17.9 Å². The molecule has 0 spiro atoms. The molecule has 0 saturated carbocycles. The summed E-state index contributed by atoms with van der Waals surface area (Å²) in [5.41, 5.74) is 2.84. The van der Waals surface area contributed by atoms with E-state index in [0.29, 0.717) is 0 Å². The number of nitrogens with one attached hydrogen (secondary N) is 1. The Kier molecular flexibility index (Phi) is 8.47. The summed E-state index contributed by atoms with van der Waals surface area (Å²) < 4.78 is 41.8. The molecule has 0 saturated heterocycles. The number of likely N-dealkylation sites (N-methyl/N-ethyl adjacent to an activating group) is 1. The Labute approximate surface area is 211 Å². The van der Waals surface area contributed by atoms with Gasteiger partial charge in [0.1, 0.15) is 18.4 Å². The number of amides is 2. The number of rotatable bonds is 9. The highest BCUT2D eigenvalue weighted by Crippen LogP contribution is 2.25. The molecule has 0 aliphatic heterocycles. The van der Waals surface area contributed by atoms with E-state index in [-0.39, 0.29) is 23.0 Å². The normalized spacial score (nSPS) is 12.0. The van der Waals surface area contributed by atoms with Gasteiger partial charge in [0.05, 0.1) is 10.6 Å². The van der Waals surface area contributed by atoms with E-state index in [0.717, 1.165) is 33.1 Å². The van der Waals surface area contributed by atoms with Gasteiger partial charge in [-0.3, -0.25) is 13.9 Å². The van der Waals surface area contributed by atoms with Gasteiger partial charge in [0.25, 0.3) is 10.0 Å². The number of hydrogen-bond donors (Lipinski definition) is 1. The van der Waals surface area contributed by atoms with Crippen molar-refractivity contribution in [3.63, 3.8) is 0 Å². The summed E-state index contributed by atoms with van der Waals surface area (Å²) in [5, 5.41) is 2.54. The Morgan fingerprint density at radius 2 is 1.42 bits per heavy atom. The fraction of sp³-hybridized carbons (Fsp3) is 0.259. The zero-order valence-corrected chi connectivity index (χ0v) is 21.5. The molecule has 7 nitrogen and oxygen atoms in total. The molecule has 0 aliphatic rings. The monoisotopic (exact) mass is 511 g/mol. The van der Waals surface area contributed by atoms with Gasteiger partial charge in [0.2, 0.25) is 11.8 Å². The van der Waals surface area contributed by atoms with Gasteiger partial charge in [-0.2, -0.15) is 0 Å². The number of halogens is 1. The number of hydrogen-bond acceptors (Lipinski definition) is 4. The molecular weight excluding hydrogens is 481 g/mol. The second-order valence-electron chi connectivity index (χ2n) is 8.60. The van der Waals surface area contributed by atoms with Crippen LogP contribution in [0.2, 0.25) is 0 Å². The van der Waals surface area contributed by atoms with Crippen molar-refractivity contribution >= 4 is 27.5 Å². The minimum Gasteiger partial charge on any atom is -0.357 e. The number of benzene rings is 3. The van der Waals surface area contributed by atoms with Crippen molar-refractivity contribution in [1.82, 2.24) is 10.2 Å². The SMILES string of the molecule is CNC(=O)[C@H](C)N(Cc1ccc(C)cc1)C(=O)CN(c1ccc(F)cc1)S(=O)(=O)c1ccc(C)cc1. The van der Waals surface area contributed by atoms with Gasteiger partial charge >= 0.3 is 0 Å². The van der Waals surface area contributed by atoms with Crippen molar-refractivity contribution < 1.29 is 22.4 Å². The van der Waals surface area contributed by atoms with Gasteiger partial charge in [0.15, 0.2) is 0 Å². The Bertz CT molecular complexity index is 1310. The molecule has 0 unspecified atom stereocenters. The largest absolute Gasteiger partial charge is 0.357 e. The summed E-state index contributed by atoms with van der Waals surface area (Å²) >= 11 is 0. The van der Waals surface area contributed by atoms with Gasteiger partial charge in [-0.15, -0.1) is 0 Å². The van der Waals surface area contributed by atoms with E-state index in [1.54, 1.807) is 19.1 Å². The van der Waals surface area contributed by atoms with E-state index >= 15 is 0 Å². The van der Waals surface area contributed by atoms with E-state index in [9.17, 15) is 22.4 Å². The quantitative estimate of drug-likeness (QED) is 0.474. The first kappa shape index (κ1) is 26.9. The van der Waals surface area contributed by atoms with E-state index in [1.807, 2.05) is 38.1 Å². The zero-order chi connectivity index (χ0) is 26.5. The fourth-order valence-corrected chi connectivity index (χ4v) is 5.07. The molecule has 0 fully saturated rings. The highest BCUT2D eigenvalue weighted by molar-refractivity contribution is 7.92. The molecule has 3 aromatic carbocycles. The molecule has 3 rings (SSSR count). The van der Waals surface area contributed by atoms with Crippen LogP contribution in [-0.4, -0.2) is 44.8 Å². The van der Waals surface area contributed by atoms with Crippen LogP contribution in [-0.2, 0) is 26.2 Å². The van der Waals surface area contributed by atoms with Crippen LogP contribution in [0.1, 0.15) is 23.6 Å². The molecule has 0 heterocycles. The maximum absolute atomic E-state index is 13.6. The smallest absolute Gasteiger partial charge is 0.264 e. The molecule has 0 aliphatic carbocycles. The summed E-state index contributed by atoms with van der Waals surface area (Å²) in [6.45, 7) is 4.89. The van der Waals surface area contributed by atoms with Crippen LogP contribution >= 0.6 is 0 Å². The lowest BCUT2D eigenvalue weighted by Gasteiger charge is -2.31. The molecule has 9 heteroatoms. The third kappa shape index (κ3) is 6.28. The Hall–Kier alpha value is -3.72. The van der Waals surface area contributed by atoms with E-state index < -0.39 is 34.3 Å². The third-order valence-electron chi connectivity index (χ3n) is 5.89. The second kappa shape index (κ2) is 11.3. The zero-order valence-electron chi connectivity index (χ0n) is 20.7. The lowest BCUT2D eigenvalue weighted by molar-refractivity contribution is -0.139. The van der Waals surface area contributed by atoms with Gasteiger partial charge in [-0.25, -0.2) is 12.8 Å². The molecule has 1 N–H and O–H groups in total. The predicted octanol–water partition coefficient (Wildman–Crippen LogP) is 3.80. The number of carbonyl (C=O) groups is 2. The highest BCUT2D eigenvalue weighted by Gasteiger charge is 2.32. The predicted molar refractivity (Wildman–Crippen MR) is 137 cm³/mol. The lowest BCUT2D eigenvalue weighted by Crippen LogP contribution is -2.50. The van der Waals surface area contributed by atoms with Crippen LogP contribution < -0.4 is 9.62 Å². The number of carbonyl (C=O) groups excluding carboxylic acids is 2. The lowest BCUT2D eigenvalue weighted by atomic mass is 10.1.